The first-order valence-corrected chi connectivity index (χ1v) is 6.58. The number of hydrogen-bond donors (Lipinski definition) is 2. The van der Waals surface area contributed by atoms with Crippen molar-refractivity contribution in [3.05, 3.63) is 45.4 Å². The topological polar surface area (TPSA) is 50.9 Å². The Morgan fingerprint density at radius 1 is 1.47 bits per heavy atom. The highest BCUT2D eigenvalue weighted by Crippen LogP contribution is 2.25. The first kappa shape index (κ1) is 12.4. The zero-order valence-electron chi connectivity index (χ0n) is 9.48. The molecule has 3 N–H and O–H groups in total. The van der Waals surface area contributed by atoms with Gasteiger partial charge in [0.25, 0.3) is 0 Å². The molecule has 0 radical (unpaired) electrons. The number of likely N-dealkylation sites (N-methyl/N-ethyl adjacent to an activating group) is 1. The highest BCUT2D eigenvalue weighted by molar-refractivity contribution is 7.10. The molecule has 3 nitrogen and oxygen atoms in total. The van der Waals surface area contributed by atoms with Gasteiger partial charge in [-0.25, -0.2) is 4.98 Å². The molecule has 0 fully saturated rings. The maximum Gasteiger partial charge on any atom is 0.140 e. The number of para-hydroxylation sites is 1. The van der Waals surface area contributed by atoms with Crippen LogP contribution in [0.25, 0.3) is 0 Å². The zero-order chi connectivity index (χ0) is 12.3. The summed E-state index contributed by atoms with van der Waals surface area (Å²) in [7, 11) is 1.92. The fraction of sp³-hybridized carbons (Fsp3) is 0.250. The third kappa shape index (κ3) is 2.97. The summed E-state index contributed by atoms with van der Waals surface area (Å²) in [6.07, 6.45) is 0.813. The molecule has 0 saturated carbocycles. The number of nitrogens with zero attached hydrogens (tertiary/aromatic N) is 1. The molecule has 0 amide bonds. The number of rotatable bonds is 4. The van der Waals surface area contributed by atoms with E-state index in [1.54, 1.807) is 11.3 Å². The second-order valence-corrected chi connectivity index (χ2v) is 5.03. The lowest BCUT2D eigenvalue weighted by Crippen LogP contribution is -2.19. The number of halogens is 1. The molecular weight excluding hydrogens is 254 g/mol. The Bertz CT molecular complexity index is 498. The summed E-state index contributed by atoms with van der Waals surface area (Å²) in [6.45, 7) is 0. The van der Waals surface area contributed by atoms with E-state index < -0.39 is 0 Å². The van der Waals surface area contributed by atoms with Crippen molar-refractivity contribution in [1.29, 1.82) is 0 Å². The largest absolute Gasteiger partial charge is 0.399 e. The minimum atomic E-state index is 0.150. The van der Waals surface area contributed by atoms with Crippen LogP contribution in [-0.2, 0) is 6.42 Å². The number of nitrogen functional groups attached to an aromatic ring is 1. The van der Waals surface area contributed by atoms with Crippen molar-refractivity contribution in [2.24, 2.45) is 0 Å². The van der Waals surface area contributed by atoms with Crippen LogP contribution in [0.4, 0.5) is 5.69 Å². The van der Waals surface area contributed by atoms with Crippen LogP contribution in [0, 0.1) is 0 Å². The molecule has 2 rings (SSSR count). The number of anilines is 1. The minimum Gasteiger partial charge on any atom is -0.399 e. The van der Waals surface area contributed by atoms with Crippen LogP contribution in [0.15, 0.2) is 29.6 Å². The van der Waals surface area contributed by atoms with Gasteiger partial charge in [-0.2, -0.15) is 0 Å². The van der Waals surface area contributed by atoms with Gasteiger partial charge in [0.2, 0.25) is 0 Å². The van der Waals surface area contributed by atoms with E-state index in [2.05, 4.69) is 10.3 Å². The van der Waals surface area contributed by atoms with Gasteiger partial charge in [0.15, 0.2) is 0 Å². The van der Waals surface area contributed by atoms with Crippen molar-refractivity contribution < 1.29 is 0 Å². The second-order valence-electron chi connectivity index (χ2n) is 3.75. The molecule has 17 heavy (non-hydrogen) atoms. The third-order valence-electron chi connectivity index (χ3n) is 2.62. The quantitative estimate of drug-likeness (QED) is 0.838. The minimum absolute atomic E-state index is 0.150. The summed E-state index contributed by atoms with van der Waals surface area (Å²) in [6, 6.07) is 8.03. The molecule has 2 aromatic rings. The van der Waals surface area contributed by atoms with Gasteiger partial charge in [-0.05, 0) is 25.1 Å². The first-order valence-electron chi connectivity index (χ1n) is 5.32. The molecule has 0 aliphatic heterocycles. The van der Waals surface area contributed by atoms with Crippen molar-refractivity contribution in [2.75, 3.05) is 12.8 Å². The Kier molecular flexibility index (Phi) is 3.99. The fourth-order valence-corrected chi connectivity index (χ4v) is 2.74. The van der Waals surface area contributed by atoms with Crippen LogP contribution in [0.5, 0.6) is 0 Å². The van der Waals surface area contributed by atoms with E-state index in [-0.39, 0.29) is 6.04 Å². The normalized spacial score (nSPS) is 12.6. The van der Waals surface area contributed by atoms with Gasteiger partial charge in [-0.1, -0.05) is 29.8 Å². The van der Waals surface area contributed by atoms with E-state index in [0.717, 1.165) is 22.7 Å². The van der Waals surface area contributed by atoms with Gasteiger partial charge in [-0.15, -0.1) is 11.3 Å². The number of thiazole rings is 1. The Morgan fingerprint density at radius 2 is 2.24 bits per heavy atom. The molecule has 1 heterocycles. The van der Waals surface area contributed by atoms with E-state index >= 15 is 0 Å². The van der Waals surface area contributed by atoms with Gasteiger partial charge in [0, 0.05) is 11.1 Å². The number of benzene rings is 1. The van der Waals surface area contributed by atoms with Crippen LogP contribution in [0.2, 0.25) is 5.15 Å². The zero-order valence-corrected chi connectivity index (χ0v) is 11.1. The van der Waals surface area contributed by atoms with E-state index in [1.165, 1.54) is 0 Å². The molecule has 1 atom stereocenters. The predicted octanol–water partition coefficient (Wildman–Crippen LogP) is 2.88. The van der Waals surface area contributed by atoms with Crippen molar-refractivity contribution >= 4 is 28.6 Å². The maximum atomic E-state index is 5.94. The Balaban J connectivity index is 2.18. The molecule has 1 aromatic carbocycles. The number of hydrogen-bond acceptors (Lipinski definition) is 4. The Hall–Kier alpha value is -1.10. The molecule has 90 valence electrons. The van der Waals surface area contributed by atoms with Crippen LogP contribution in [0.1, 0.15) is 16.6 Å². The molecular formula is C12H14ClN3S. The molecule has 1 aromatic heterocycles. The average Bonchev–Trinajstić information content (AvgIpc) is 2.75. The maximum absolute atomic E-state index is 5.94. The van der Waals surface area contributed by atoms with Crippen LogP contribution in [-0.4, -0.2) is 12.0 Å². The lowest BCUT2D eigenvalue weighted by atomic mass is 10.0. The highest BCUT2D eigenvalue weighted by atomic mass is 35.5. The molecule has 0 spiro atoms. The molecule has 0 bridgehead atoms. The third-order valence-corrected chi connectivity index (χ3v) is 3.90. The van der Waals surface area contributed by atoms with Crippen molar-refractivity contribution in [1.82, 2.24) is 10.3 Å². The summed E-state index contributed by atoms with van der Waals surface area (Å²) in [4.78, 5) is 4.29. The summed E-state index contributed by atoms with van der Waals surface area (Å²) in [5, 5.41) is 6.62. The monoisotopic (exact) mass is 267 g/mol. The Labute approximate surface area is 110 Å². The smallest absolute Gasteiger partial charge is 0.140 e. The lowest BCUT2D eigenvalue weighted by Gasteiger charge is -2.14. The lowest BCUT2D eigenvalue weighted by molar-refractivity contribution is 0.589. The number of aromatic nitrogens is 1. The molecule has 5 heteroatoms. The molecule has 1 unspecified atom stereocenters. The van der Waals surface area contributed by atoms with Gasteiger partial charge >= 0.3 is 0 Å². The summed E-state index contributed by atoms with van der Waals surface area (Å²) in [5.41, 5.74) is 7.87. The SMILES string of the molecule is CNC(Cc1ccccc1N)c1nc(Cl)cs1. The van der Waals surface area contributed by atoms with Crippen LogP contribution in [0.3, 0.4) is 0 Å². The summed E-state index contributed by atoms with van der Waals surface area (Å²) >= 11 is 7.40. The van der Waals surface area contributed by atoms with Crippen LogP contribution < -0.4 is 11.1 Å². The number of nitrogens with two attached hydrogens (primary N) is 1. The molecule has 0 aliphatic carbocycles. The van der Waals surface area contributed by atoms with Crippen molar-refractivity contribution in [3.63, 3.8) is 0 Å². The van der Waals surface area contributed by atoms with E-state index in [0.29, 0.717) is 5.15 Å². The summed E-state index contributed by atoms with van der Waals surface area (Å²) in [5.74, 6) is 0. The van der Waals surface area contributed by atoms with E-state index in [9.17, 15) is 0 Å². The van der Waals surface area contributed by atoms with Gasteiger partial charge < -0.3 is 11.1 Å². The van der Waals surface area contributed by atoms with Gasteiger partial charge in [-0.3, -0.25) is 0 Å². The standard InChI is InChI=1S/C12H14ClN3S/c1-15-10(12-16-11(13)7-17-12)6-8-4-2-3-5-9(8)14/h2-5,7,10,15H,6,14H2,1H3. The molecule has 0 saturated heterocycles. The van der Waals surface area contributed by atoms with E-state index in [1.807, 2.05) is 36.7 Å². The fourth-order valence-electron chi connectivity index (χ4n) is 1.68. The highest BCUT2D eigenvalue weighted by Gasteiger charge is 2.15. The summed E-state index contributed by atoms with van der Waals surface area (Å²) < 4.78 is 0. The average molecular weight is 268 g/mol. The second kappa shape index (κ2) is 5.49. The first-order chi connectivity index (χ1) is 8.20. The van der Waals surface area contributed by atoms with Gasteiger partial charge in [0.05, 0.1) is 6.04 Å². The Morgan fingerprint density at radius 3 is 2.82 bits per heavy atom. The molecule has 0 aliphatic rings. The predicted molar refractivity (Wildman–Crippen MR) is 73.5 cm³/mol. The van der Waals surface area contributed by atoms with Crippen molar-refractivity contribution in [3.8, 4) is 0 Å². The number of nitrogens with one attached hydrogen (secondary N) is 1. The van der Waals surface area contributed by atoms with E-state index in [4.69, 9.17) is 17.3 Å². The van der Waals surface area contributed by atoms with Crippen LogP contribution >= 0.6 is 22.9 Å². The van der Waals surface area contributed by atoms with Gasteiger partial charge in [0.1, 0.15) is 10.2 Å². The van der Waals surface area contributed by atoms with Crippen molar-refractivity contribution in [2.45, 2.75) is 12.5 Å².